The maximum atomic E-state index is 11.6. The summed E-state index contributed by atoms with van der Waals surface area (Å²) < 4.78 is 0. The number of carbonyl (C=O) groups excluding carboxylic acids is 2. The van der Waals surface area contributed by atoms with Crippen LogP contribution in [0, 0.1) is 5.92 Å². The van der Waals surface area contributed by atoms with Crippen LogP contribution in [-0.4, -0.2) is 31.1 Å². The fraction of sp³-hybridized carbons (Fsp3) is 0.833. The van der Waals surface area contributed by atoms with Crippen LogP contribution in [0.3, 0.4) is 0 Å². The number of amides is 3. The van der Waals surface area contributed by atoms with Crippen LogP contribution in [0.5, 0.6) is 0 Å². The Bertz CT molecular complexity index is 252. The number of rotatable bonds is 6. The van der Waals surface area contributed by atoms with Gasteiger partial charge in [0.15, 0.2) is 0 Å². The lowest BCUT2D eigenvalue weighted by Gasteiger charge is -2.25. The molecule has 100 valence electrons. The monoisotopic (exact) mass is 243 g/mol. The van der Waals surface area contributed by atoms with Crippen molar-refractivity contribution >= 4 is 11.9 Å². The van der Waals surface area contributed by atoms with Gasteiger partial charge in [-0.25, -0.2) is 4.79 Å². The minimum Gasteiger partial charge on any atom is -0.341 e. The SMILES string of the molecule is CCC(CC)C(C)NC(C)C(=O)NC(=O)NC. The molecular formula is C12H25N3O2. The molecule has 5 heteroatoms. The number of hydrogen-bond acceptors (Lipinski definition) is 3. The first-order valence-corrected chi connectivity index (χ1v) is 6.24. The van der Waals surface area contributed by atoms with Crippen LogP contribution in [-0.2, 0) is 4.79 Å². The van der Waals surface area contributed by atoms with Crippen LogP contribution in [0.25, 0.3) is 0 Å². The maximum Gasteiger partial charge on any atom is 0.321 e. The lowest BCUT2D eigenvalue weighted by molar-refractivity contribution is -0.121. The van der Waals surface area contributed by atoms with E-state index in [0.717, 1.165) is 12.8 Å². The van der Waals surface area contributed by atoms with Gasteiger partial charge in [0, 0.05) is 13.1 Å². The van der Waals surface area contributed by atoms with Gasteiger partial charge in [0.2, 0.25) is 5.91 Å². The average Bonchev–Trinajstić information content (AvgIpc) is 2.30. The molecule has 0 aliphatic carbocycles. The van der Waals surface area contributed by atoms with E-state index < -0.39 is 6.03 Å². The topological polar surface area (TPSA) is 70.2 Å². The van der Waals surface area contributed by atoms with E-state index in [-0.39, 0.29) is 18.0 Å². The molecule has 2 atom stereocenters. The molecule has 0 bridgehead atoms. The predicted molar refractivity (Wildman–Crippen MR) is 68.7 cm³/mol. The van der Waals surface area contributed by atoms with Crippen molar-refractivity contribution in [2.45, 2.75) is 52.6 Å². The molecule has 0 saturated heterocycles. The van der Waals surface area contributed by atoms with Crippen molar-refractivity contribution in [3.63, 3.8) is 0 Å². The molecule has 17 heavy (non-hydrogen) atoms. The number of nitrogens with one attached hydrogen (secondary N) is 3. The van der Waals surface area contributed by atoms with E-state index in [0.29, 0.717) is 5.92 Å². The van der Waals surface area contributed by atoms with E-state index in [1.165, 1.54) is 7.05 Å². The molecule has 0 aromatic rings. The zero-order valence-corrected chi connectivity index (χ0v) is 11.5. The van der Waals surface area contributed by atoms with Gasteiger partial charge < -0.3 is 10.6 Å². The first-order chi connectivity index (χ1) is 7.96. The summed E-state index contributed by atoms with van der Waals surface area (Å²) in [5.41, 5.74) is 0. The Hall–Kier alpha value is -1.10. The fourth-order valence-corrected chi connectivity index (χ4v) is 1.88. The Labute approximate surface area is 104 Å². The summed E-state index contributed by atoms with van der Waals surface area (Å²) in [7, 11) is 1.48. The Balaban J connectivity index is 4.19. The summed E-state index contributed by atoms with van der Waals surface area (Å²) in [4.78, 5) is 22.6. The fourth-order valence-electron chi connectivity index (χ4n) is 1.88. The second kappa shape index (κ2) is 8.06. The lowest BCUT2D eigenvalue weighted by Crippen LogP contribution is -2.50. The standard InChI is InChI=1S/C12H25N3O2/c1-6-10(7-2)8(3)14-9(4)11(16)15-12(17)13-5/h8-10,14H,6-7H2,1-5H3,(H2,13,15,16,17). The molecule has 0 aromatic carbocycles. The third-order valence-electron chi connectivity index (χ3n) is 3.13. The van der Waals surface area contributed by atoms with Crippen molar-refractivity contribution in [2.24, 2.45) is 5.92 Å². The van der Waals surface area contributed by atoms with Crippen LogP contribution < -0.4 is 16.0 Å². The molecule has 0 spiro atoms. The second-order valence-electron chi connectivity index (χ2n) is 4.32. The molecule has 0 aliphatic rings. The molecule has 0 aliphatic heterocycles. The predicted octanol–water partition coefficient (Wildman–Crippen LogP) is 1.24. The highest BCUT2D eigenvalue weighted by molar-refractivity contribution is 5.96. The van der Waals surface area contributed by atoms with Gasteiger partial charge in [0.05, 0.1) is 6.04 Å². The van der Waals surface area contributed by atoms with Gasteiger partial charge in [0.1, 0.15) is 0 Å². The molecule has 0 aromatic heterocycles. The van der Waals surface area contributed by atoms with Gasteiger partial charge in [-0.3, -0.25) is 10.1 Å². The van der Waals surface area contributed by atoms with Crippen molar-refractivity contribution in [3.8, 4) is 0 Å². The van der Waals surface area contributed by atoms with Crippen molar-refractivity contribution < 1.29 is 9.59 Å². The number of hydrogen-bond donors (Lipinski definition) is 3. The maximum absolute atomic E-state index is 11.6. The smallest absolute Gasteiger partial charge is 0.321 e. The van der Waals surface area contributed by atoms with Gasteiger partial charge in [-0.1, -0.05) is 26.7 Å². The molecule has 0 saturated carbocycles. The minimum atomic E-state index is -0.473. The van der Waals surface area contributed by atoms with Crippen molar-refractivity contribution in [1.82, 2.24) is 16.0 Å². The highest BCUT2D eigenvalue weighted by atomic mass is 16.2. The zero-order valence-electron chi connectivity index (χ0n) is 11.5. The first-order valence-electron chi connectivity index (χ1n) is 6.24. The summed E-state index contributed by atoms with van der Waals surface area (Å²) in [6.45, 7) is 8.11. The average molecular weight is 243 g/mol. The first kappa shape index (κ1) is 15.9. The van der Waals surface area contributed by atoms with Crippen LogP contribution in [0.4, 0.5) is 4.79 Å². The van der Waals surface area contributed by atoms with E-state index in [2.05, 4.69) is 36.7 Å². The molecule has 5 nitrogen and oxygen atoms in total. The summed E-state index contributed by atoms with van der Waals surface area (Å²) in [5.74, 6) is 0.243. The summed E-state index contributed by atoms with van der Waals surface area (Å²) in [6, 6.07) is -0.586. The Kier molecular flexibility index (Phi) is 7.54. The number of carbonyl (C=O) groups is 2. The van der Waals surface area contributed by atoms with Crippen LogP contribution in [0.15, 0.2) is 0 Å². The zero-order chi connectivity index (χ0) is 13.4. The summed E-state index contributed by atoms with van der Waals surface area (Å²) in [6.07, 6.45) is 2.16. The van der Waals surface area contributed by atoms with E-state index >= 15 is 0 Å². The minimum absolute atomic E-state index is 0.260. The normalized spacial score (nSPS) is 14.2. The van der Waals surface area contributed by atoms with E-state index in [4.69, 9.17) is 0 Å². The quantitative estimate of drug-likeness (QED) is 0.657. The van der Waals surface area contributed by atoms with Gasteiger partial charge in [0.25, 0.3) is 0 Å². The number of imide groups is 1. The van der Waals surface area contributed by atoms with Gasteiger partial charge in [-0.05, 0) is 19.8 Å². The molecule has 0 radical (unpaired) electrons. The highest BCUT2D eigenvalue weighted by Crippen LogP contribution is 2.12. The Morgan fingerprint density at radius 3 is 2.06 bits per heavy atom. The third-order valence-corrected chi connectivity index (χ3v) is 3.13. The van der Waals surface area contributed by atoms with Crippen molar-refractivity contribution in [1.29, 1.82) is 0 Å². The Morgan fingerprint density at radius 2 is 1.65 bits per heavy atom. The van der Waals surface area contributed by atoms with Crippen LogP contribution in [0.1, 0.15) is 40.5 Å². The second-order valence-corrected chi connectivity index (χ2v) is 4.32. The molecule has 3 N–H and O–H groups in total. The molecule has 2 unspecified atom stereocenters. The highest BCUT2D eigenvalue weighted by Gasteiger charge is 2.20. The van der Waals surface area contributed by atoms with E-state index in [1.54, 1.807) is 6.92 Å². The van der Waals surface area contributed by atoms with Crippen molar-refractivity contribution in [3.05, 3.63) is 0 Å². The molecule has 0 fully saturated rings. The van der Waals surface area contributed by atoms with E-state index in [9.17, 15) is 9.59 Å². The molecule has 0 heterocycles. The number of urea groups is 1. The third kappa shape index (κ3) is 5.68. The molecule has 3 amide bonds. The van der Waals surface area contributed by atoms with Crippen molar-refractivity contribution in [2.75, 3.05) is 7.05 Å². The Morgan fingerprint density at radius 1 is 1.12 bits per heavy atom. The van der Waals surface area contributed by atoms with Crippen LogP contribution in [0.2, 0.25) is 0 Å². The van der Waals surface area contributed by atoms with Gasteiger partial charge in [-0.2, -0.15) is 0 Å². The summed E-state index contributed by atoms with van der Waals surface area (Å²) >= 11 is 0. The summed E-state index contributed by atoms with van der Waals surface area (Å²) in [5, 5.41) is 7.83. The van der Waals surface area contributed by atoms with Gasteiger partial charge in [-0.15, -0.1) is 0 Å². The van der Waals surface area contributed by atoms with Gasteiger partial charge >= 0.3 is 6.03 Å². The molecular weight excluding hydrogens is 218 g/mol. The molecule has 0 rings (SSSR count). The lowest BCUT2D eigenvalue weighted by atomic mass is 9.95. The van der Waals surface area contributed by atoms with E-state index in [1.807, 2.05) is 0 Å². The largest absolute Gasteiger partial charge is 0.341 e. The van der Waals surface area contributed by atoms with Crippen LogP contribution >= 0.6 is 0 Å².